The predicted molar refractivity (Wildman–Crippen MR) is 66.7 cm³/mol. The molecule has 0 atom stereocenters. The Hall–Kier alpha value is -1.56. The molecule has 0 aliphatic rings. The molecule has 0 bridgehead atoms. The zero-order chi connectivity index (χ0) is 12.7. The Labute approximate surface area is 104 Å². The van der Waals surface area contributed by atoms with Crippen molar-refractivity contribution < 1.29 is 14.0 Å². The molecule has 2 heterocycles. The van der Waals surface area contributed by atoms with E-state index in [1.807, 2.05) is 32.2 Å². The maximum absolute atomic E-state index is 5.42. The lowest BCUT2D eigenvalue weighted by Crippen LogP contribution is -1.91. The first-order valence-corrected chi connectivity index (χ1v) is 6.31. The van der Waals surface area contributed by atoms with E-state index in [0.29, 0.717) is 12.4 Å². The number of ether oxygens (including phenoxy) is 2. The first-order chi connectivity index (χ1) is 8.35. The van der Waals surface area contributed by atoms with Gasteiger partial charge in [-0.1, -0.05) is 19.0 Å². The molecule has 2 rings (SSSR count). The van der Waals surface area contributed by atoms with Crippen LogP contribution in [-0.2, 0) is 0 Å². The van der Waals surface area contributed by atoms with Crippen molar-refractivity contribution in [2.45, 2.75) is 20.8 Å². The minimum absolute atomic E-state index is 0.154. The summed E-state index contributed by atoms with van der Waals surface area (Å²) in [6.45, 7) is 6.54. The smallest absolute Gasteiger partial charge is 0.417 e. The third-order valence-electron chi connectivity index (χ3n) is 1.71. The topological polar surface area (TPSA) is 57.4 Å². The lowest BCUT2D eigenvalue weighted by molar-refractivity contribution is 0.250. The number of rotatable bonds is 4. The molecule has 0 aliphatic heterocycles. The van der Waals surface area contributed by atoms with E-state index in [9.17, 15) is 0 Å². The van der Waals surface area contributed by atoms with Crippen LogP contribution >= 0.6 is 11.3 Å². The second-order valence-corrected chi connectivity index (χ2v) is 3.55. The van der Waals surface area contributed by atoms with Gasteiger partial charge in [-0.2, -0.15) is 4.98 Å². The van der Waals surface area contributed by atoms with Crippen molar-refractivity contribution in [3.63, 3.8) is 0 Å². The lowest BCUT2D eigenvalue weighted by atomic mass is 10.4. The number of thiophene rings is 1. The van der Waals surface area contributed by atoms with Gasteiger partial charge < -0.3 is 9.47 Å². The maximum atomic E-state index is 5.42. The van der Waals surface area contributed by atoms with E-state index in [4.69, 9.17) is 14.0 Å². The van der Waals surface area contributed by atoms with Gasteiger partial charge in [0.25, 0.3) is 0 Å². The SMILES string of the molecule is CC.CCOc1ccsc1-c1noc(OC)n1. The monoisotopic (exact) mass is 256 g/mol. The molecule has 0 unspecified atom stereocenters. The van der Waals surface area contributed by atoms with Crippen molar-refractivity contribution in [3.8, 4) is 22.5 Å². The van der Waals surface area contributed by atoms with Gasteiger partial charge >= 0.3 is 6.08 Å². The number of methoxy groups -OCH3 is 1. The molecule has 94 valence electrons. The average Bonchev–Trinajstić information content (AvgIpc) is 2.99. The van der Waals surface area contributed by atoms with E-state index >= 15 is 0 Å². The molecule has 17 heavy (non-hydrogen) atoms. The fourth-order valence-corrected chi connectivity index (χ4v) is 1.87. The number of hydrogen-bond donors (Lipinski definition) is 0. The number of aromatic nitrogens is 2. The summed E-state index contributed by atoms with van der Waals surface area (Å²) in [5.74, 6) is 1.26. The van der Waals surface area contributed by atoms with Gasteiger partial charge in [0.15, 0.2) is 0 Å². The van der Waals surface area contributed by atoms with Crippen molar-refractivity contribution in [3.05, 3.63) is 11.4 Å². The van der Waals surface area contributed by atoms with Crippen LogP contribution < -0.4 is 9.47 Å². The standard InChI is InChI=1S/C9H10N2O3S.C2H6/c1-3-13-6-4-5-15-7(6)8-10-9(12-2)14-11-8;1-2/h4-5H,3H2,1-2H3;1-2H3. The van der Waals surface area contributed by atoms with E-state index in [-0.39, 0.29) is 6.08 Å². The van der Waals surface area contributed by atoms with Gasteiger partial charge in [-0.3, -0.25) is 4.52 Å². The molecule has 0 aliphatic carbocycles. The summed E-state index contributed by atoms with van der Waals surface area (Å²) in [5.41, 5.74) is 0. The van der Waals surface area contributed by atoms with Gasteiger partial charge in [-0.15, -0.1) is 11.3 Å². The van der Waals surface area contributed by atoms with E-state index in [1.165, 1.54) is 18.4 Å². The fourth-order valence-electron chi connectivity index (χ4n) is 1.11. The quantitative estimate of drug-likeness (QED) is 0.840. The van der Waals surface area contributed by atoms with E-state index in [2.05, 4.69) is 10.1 Å². The second-order valence-electron chi connectivity index (χ2n) is 2.64. The molecule has 0 spiro atoms. The van der Waals surface area contributed by atoms with Crippen molar-refractivity contribution in [2.24, 2.45) is 0 Å². The highest BCUT2D eigenvalue weighted by molar-refractivity contribution is 7.13. The zero-order valence-electron chi connectivity index (χ0n) is 10.4. The van der Waals surface area contributed by atoms with Crippen LogP contribution in [-0.4, -0.2) is 23.9 Å². The first kappa shape index (κ1) is 13.5. The molecule has 0 N–H and O–H groups in total. The van der Waals surface area contributed by atoms with Crippen LogP contribution in [0.4, 0.5) is 0 Å². The van der Waals surface area contributed by atoms with Crippen molar-refractivity contribution >= 4 is 11.3 Å². The zero-order valence-corrected chi connectivity index (χ0v) is 11.2. The summed E-state index contributed by atoms with van der Waals surface area (Å²) < 4.78 is 15.1. The highest BCUT2D eigenvalue weighted by atomic mass is 32.1. The molecule has 0 radical (unpaired) electrons. The van der Waals surface area contributed by atoms with Crippen LogP contribution in [0.1, 0.15) is 20.8 Å². The van der Waals surface area contributed by atoms with Gasteiger partial charge in [0.1, 0.15) is 10.6 Å². The van der Waals surface area contributed by atoms with E-state index in [1.54, 1.807) is 0 Å². The summed E-state index contributed by atoms with van der Waals surface area (Å²) >= 11 is 1.50. The molecule has 2 aromatic heterocycles. The number of hydrogen-bond acceptors (Lipinski definition) is 6. The third-order valence-corrected chi connectivity index (χ3v) is 2.61. The van der Waals surface area contributed by atoms with Crippen molar-refractivity contribution in [1.29, 1.82) is 0 Å². The molecule has 5 nitrogen and oxygen atoms in total. The fraction of sp³-hybridized carbons (Fsp3) is 0.455. The van der Waals surface area contributed by atoms with Crippen LogP contribution in [0.3, 0.4) is 0 Å². The Kier molecular flexibility index (Phi) is 5.48. The molecule has 2 aromatic rings. The molecular formula is C11H16N2O3S. The van der Waals surface area contributed by atoms with Crippen molar-refractivity contribution in [1.82, 2.24) is 10.1 Å². The molecule has 0 aromatic carbocycles. The van der Waals surface area contributed by atoms with Crippen LogP contribution in [0.15, 0.2) is 16.0 Å². The van der Waals surface area contributed by atoms with Gasteiger partial charge in [-0.05, 0) is 18.4 Å². The first-order valence-electron chi connectivity index (χ1n) is 5.43. The Balaban J connectivity index is 0.000000686. The predicted octanol–water partition coefficient (Wildman–Crippen LogP) is 3.23. The van der Waals surface area contributed by atoms with Crippen LogP contribution in [0.25, 0.3) is 10.7 Å². The Morgan fingerprint density at radius 1 is 1.41 bits per heavy atom. The Morgan fingerprint density at radius 3 is 2.76 bits per heavy atom. The third kappa shape index (κ3) is 3.20. The van der Waals surface area contributed by atoms with E-state index in [0.717, 1.165) is 10.6 Å². The lowest BCUT2D eigenvalue weighted by Gasteiger charge is -1.99. The number of nitrogens with zero attached hydrogens (tertiary/aromatic N) is 2. The molecule has 6 heteroatoms. The minimum Gasteiger partial charge on any atom is -0.492 e. The van der Waals surface area contributed by atoms with Crippen molar-refractivity contribution in [2.75, 3.05) is 13.7 Å². The van der Waals surface area contributed by atoms with Gasteiger partial charge in [0.05, 0.1) is 13.7 Å². The molecular weight excluding hydrogens is 240 g/mol. The summed E-state index contributed by atoms with van der Waals surface area (Å²) in [5, 5.41) is 5.71. The molecule has 0 amide bonds. The summed E-state index contributed by atoms with van der Waals surface area (Å²) in [7, 11) is 1.48. The Morgan fingerprint density at radius 2 is 2.18 bits per heavy atom. The average molecular weight is 256 g/mol. The van der Waals surface area contributed by atoms with Crippen LogP contribution in [0, 0.1) is 0 Å². The van der Waals surface area contributed by atoms with Crippen LogP contribution in [0.5, 0.6) is 11.8 Å². The summed E-state index contributed by atoms with van der Waals surface area (Å²) in [6.07, 6.45) is 0.154. The summed E-state index contributed by atoms with van der Waals surface area (Å²) in [6, 6.07) is 1.88. The maximum Gasteiger partial charge on any atom is 0.417 e. The van der Waals surface area contributed by atoms with Gasteiger partial charge in [0.2, 0.25) is 5.82 Å². The highest BCUT2D eigenvalue weighted by Gasteiger charge is 2.14. The normalized spacial score (nSPS) is 9.41. The van der Waals surface area contributed by atoms with Gasteiger partial charge in [-0.25, -0.2) is 0 Å². The minimum atomic E-state index is 0.154. The molecule has 0 fully saturated rings. The van der Waals surface area contributed by atoms with Gasteiger partial charge in [0, 0.05) is 0 Å². The second kappa shape index (κ2) is 6.90. The Bertz CT molecular complexity index is 439. The largest absolute Gasteiger partial charge is 0.492 e. The molecule has 0 saturated heterocycles. The van der Waals surface area contributed by atoms with Crippen LogP contribution in [0.2, 0.25) is 0 Å². The molecule has 0 saturated carbocycles. The summed E-state index contributed by atoms with van der Waals surface area (Å²) in [4.78, 5) is 4.90. The highest BCUT2D eigenvalue weighted by Crippen LogP contribution is 2.34. The van der Waals surface area contributed by atoms with E-state index < -0.39 is 0 Å².